The zero-order valence-electron chi connectivity index (χ0n) is 13.8. The number of hydrogen-bond donors (Lipinski definition) is 2. The molecule has 6 heteroatoms. The van der Waals surface area contributed by atoms with Crippen LogP contribution >= 0.6 is 0 Å². The Morgan fingerprint density at radius 1 is 1.08 bits per heavy atom. The molecule has 128 valence electrons. The average molecular weight is 337 g/mol. The van der Waals surface area contributed by atoms with E-state index in [1.54, 1.807) is 30.3 Å². The zero-order chi connectivity index (χ0) is 17.9. The second kappa shape index (κ2) is 9.67. The molecular weight excluding hydrogens is 318 g/mol. The fraction of sp³-hybridized carbons (Fsp3) is 0.105. The third-order valence-electron chi connectivity index (χ3n) is 3.20. The average Bonchev–Trinajstić information content (AvgIpc) is 2.66. The zero-order valence-corrected chi connectivity index (χ0v) is 13.8. The smallest absolute Gasteiger partial charge is 0.259 e. The number of carbonyl (C=O) groups is 2. The van der Waals surface area contributed by atoms with E-state index in [0.717, 1.165) is 5.56 Å². The van der Waals surface area contributed by atoms with Crippen LogP contribution in [-0.4, -0.2) is 31.7 Å². The van der Waals surface area contributed by atoms with Gasteiger partial charge in [0.25, 0.3) is 11.8 Å². The van der Waals surface area contributed by atoms with E-state index in [4.69, 9.17) is 4.74 Å². The molecule has 0 saturated heterocycles. The molecule has 2 aromatic rings. The molecule has 0 aliphatic heterocycles. The van der Waals surface area contributed by atoms with Crippen molar-refractivity contribution < 1.29 is 14.3 Å². The van der Waals surface area contributed by atoms with Gasteiger partial charge in [-0.15, -0.1) is 0 Å². The Labute approximate surface area is 146 Å². The molecule has 2 N–H and O–H groups in total. The minimum atomic E-state index is -0.424. The third-order valence-corrected chi connectivity index (χ3v) is 3.20. The minimum absolute atomic E-state index is 0.184. The van der Waals surface area contributed by atoms with Gasteiger partial charge < -0.3 is 10.1 Å². The molecule has 0 fully saturated rings. The number of rotatable bonds is 7. The highest BCUT2D eigenvalue weighted by Crippen LogP contribution is 2.16. The van der Waals surface area contributed by atoms with Gasteiger partial charge in [0.2, 0.25) is 0 Å². The molecule has 0 aliphatic rings. The maximum absolute atomic E-state index is 12.0. The van der Waals surface area contributed by atoms with Crippen LogP contribution in [0.2, 0.25) is 0 Å². The van der Waals surface area contributed by atoms with E-state index >= 15 is 0 Å². The Hall–Kier alpha value is -3.41. The number of nitrogens with one attached hydrogen (secondary N) is 2. The highest BCUT2D eigenvalue weighted by molar-refractivity contribution is 5.98. The SMILES string of the molecule is COc1ccccc1C(=O)NCC(=O)N/N=C\C=C\c1ccccc1. The molecule has 2 rings (SSSR count). The molecule has 0 heterocycles. The van der Waals surface area contributed by atoms with Crippen LogP contribution in [0.15, 0.2) is 65.8 Å². The second-order valence-electron chi connectivity index (χ2n) is 4.97. The summed E-state index contributed by atoms with van der Waals surface area (Å²) in [6.07, 6.45) is 5.04. The van der Waals surface area contributed by atoms with Gasteiger partial charge in [-0.1, -0.05) is 48.5 Å². The number of para-hydroxylation sites is 1. The van der Waals surface area contributed by atoms with Crippen molar-refractivity contribution in [2.75, 3.05) is 13.7 Å². The molecule has 6 nitrogen and oxygen atoms in total. The minimum Gasteiger partial charge on any atom is -0.496 e. The molecule has 2 aromatic carbocycles. The van der Waals surface area contributed by atoms with Crippen LogP contribution in [0.4, 0.5) is 0 Å². The second-order valence-corrected chi connectivity index (χ2v) is 4.97. The van der Waals surface area contributed by atoms with Crippen molar-refractivity contribution in [2.45, 2.75) is 0 Å². The quantitative estimate of drug-likeness (QED) is 0.601. The van der Waals surface area contributed by atoms with Gasteiger partial charge in [-0.25, -0.2) is 5.43 Å². The molecule has 0 bridgehead atoms. The maximum atomic E-state index is 12.0. The molecule has 0 unspecified atom stereocenters. The summed E-state index contributed by atoms with van der Waals surface area (Å²) >= 11 is 0. The number of ether oxygens (including phenoxy) is 1. The first-order valence-corrected chi connectivity index (χ1v) is 7.65. The lowest BCUT2D eigenvalue weighted by molar-refractivity contribution is -0.120. The molecule has 0 atom stereocenters. The van der Waals surface area contributed by atoms with Gasteiger partial charge in [-0.2, -0.15) is 5.10 Å². The molecule has 0 aliphatic carbocycles. The van der Waals surface area contributed by atoms with Gasteiger partial charge in [0.15, 0.2) is 0 Å². The highest BCUT2D eigenvalue weighted by atomic mass is 16.5. The van der Waals surface area contributed by atoms with E-state index in [0.29, 0.717) is 11.3 Å². The standard InChI is InChI=1S/C19H19N3O3/c1-25-17-12-6-5-11-16(17)19(24)20-14-18(23)22-21-13-7-10-15-8-3-2-4-9-15/h2-13H,14H2,1H3,(H,20,24)(H,22,23)/b10-7+,21-13-. The van der Waals surface area contributed by atoms with Crippen molar-refractivity contribution in [1.82, 2.24) is 10.7 Å². The van der Waals surface area contributed by atoms with Crippen LogP contribution in [0.5, 0.6) is 5.75 Å². The Balaban J connectivity index is 1.76. The molecule has 0 radical (unpaired) electrons. The summed E-state index contributed by atoms with van der Waals surface area (Å²) in [6.45, 7) is -0.184. The Morgan fingerprint density at radius 2 is 1.80 bits per heavy atom. The van der Waals surface area contributed by atoms with Crippen LogP contribution in [0.3, 0.4) is 0 Å². The van der Waals surface area contributed by atoms with E-state index < -0.39 is 5.91 Å². The van der Waals surface area contributed by atoms with E-state index in [1.807, 2.05) is 36.4 Å². The van der Waals surface area contributed by atoms with E-state index in [9.17, 15) is 9.59 Å². The first kappa shape index (κ1) is 17.9. The molecule has 0 saturated carbocycles. The fourth-order valence-corrected chi connectivity index (χ4v) is 2.00. The predicted octanol–water partition coefficient (Wildman–Crippen LogP) is 2.24. The summed E-state index contributed by atoms with van der Waals surface area (Å²) in [4.78, 5) is 23.7. The van der Waals surface area contributed by atoms with Crippen LogP contribution in [0.1, 0.15) is 15.9 Å². The van der Waals surface area contributed by atoms with Crippen molar-refractivity contribution in [3.63, 3.8) is 0 Å². The van der Waals surface area contributed by atoms with Crippen LogP contribution in [0.25, 0.3) is 6.08 Å². The van der Waals surface area contributed by atoms with E-state index in [1.165, 1.54) is 13.3 Å². The maximum Gasteiger partial charge on any atom is 0.259 e. The van der Waals surface area contributed by atoms with E-state index in [2.05, 4.69) is 15.8 Å². The number of carbonyl (C=O) groups excluding carboxylic acids is 2. The lowest BCUT2D eigenvalue weighted by atomic mass is 10.2. The Kier molecular flexibility index (Phi) is 6.94. The number of methoxy groups -OCH3 is 1. The Bertz CT molecular complexity index is 770. The summed E-state index contributed by atoms with van der Waals surface area (Å²) in [5.41, 5.74) is 3.74. The van der Waals surface area contributed by atoms with Gasteiger partial charge >= 0.3 is 0 Å². The van der Waals surface area contributed by atoms with E-state index in [-0.39, 0.29) is 12.5 Å². The number of amides is 2. The number of hydrazone groups is 1. The number of benzene rings is 2. The summed E-state index contributed by atoms with van der Waals surface area (Å²) in [5, 5.41) is 6.30. The van der Waals surface area contributed by atoms with Gasteiger partial charge in [-0.3, -0.25) is 9.59 Å². The first-order chi connectivity index (χ1) is 12.2. The normalized spacial score (nSPS) is 10.8. The third kappa shape index (κ3) is 5.95. The lowest BCUT2D eigenvalue weighted by Gasteiger charge is -2.08. The topological polar surface area (TPSA) is 79.8 Å². The highest BCUT2D eigenvalue weighted by Gasteiger charge is 2.12. The summed E-state index contributed by atoms with van der Waals surface area (Å²) in [6, 6.07) is 16.5. The molecule has 0 spiro atoms. The van der Waals surface area contributed by atoms with Gasteiger partial charge in [0.05, 0.1) is 19.2 Å². The molecule has 0 aromatic heterocycles. The Morgan fingerprint density at radius 3 is 2.56 bits per heavy atom. The molecule has 2 amide bonds. The van der Waals surface area contributed by atoms with Gasteiger partial charge in [-0.05, 0) is 23.8 Å². The number of allylic oxidation sites excluding steroid dienone is 1. The molecule has 25 heavy (non-hydrogen) atoms. The van der Waals surface area contributed by atoms with Gasteiger partial charge in [0.1, 0.15) is 5.75 Å². The van der Waals surface area contributed by atoms with Crippen molar-refractivity contribution in [2.24, 2.45) is 5.10 Å². The van der Waals surface area contributed by atoms with Crippen LogP contribution in [0, 0.1) is 0 Å². The van der Waals surface area contributed by atoms with Crippen LogP contribution < -0.4 is 15.5 Å². The predicted molar refractivity (Wildman–Crippen MR) is 97.4 cm³/mol. The largest absolute Gasteiger partial charge is 0.496 e. The van der Waals surface area contributed by atoms with Crippen LogP contribution in [-0.2, 0) is 4.79 Å². The number of hydrogen-bond acceptors (Lipinski definition) is 4. The number of nitrogens with zero attached hydrogens (tertiary/aromatic N) is 1. The summed E-state index contributed by atoms with van der Waals surface area (Å²) in [7, 11) is 1.48. The van der Waals surface area contributed by atoms with Crippen molar-refractivity contribution in [3.05, 3.63) is 71.8 Å². The lowest BCUT2D eigenvalue weighted by Crippen LogP contribution is -2.35. The summed E-state index contributed by atoms with van der Waals surface area (Å²) < 4.78 is 5.11. The van der Waals surface area contributed by atoms with Crippen molar-refractivity contribution in [1.29, 1.82) is 0 Å². The van der Waals surface area contributed by atoms with Crippen molar-refractivity contribution >= 4 is 24.1 Å². The fourth-order valence-electron chi connectivity index (χ4n) is 2.00. The van der Waals surface area contributed by atoms with Crippen molar-refractivity contribution in [3.8, 4) is 5.75 Å². The van der Waals surface area contributed by atoms with Gasteiger partial charge in [0, 0.05) is 6.21 Å². The molecular formula is C19H19N3O3. The summed E-state index contributed by atoms with van der Waals surface area (Å²) in [5.74, 6) is -0.363. The monoisotopic (exact) mass is 337 g/mol. The first-order valence-electron chi connectivity index (χ1n) is 7.65.